The second-order valence-electron chi connectivity index (χ2n) is 5.73. The van der Waals surface area contributed by atoms with E-state index in [1.807, 2.05) is 47.4 Å². The molecule has 4 rings (SSSR count). The lowest BCUT2D eigenvalue weighted by Gasteiger charge is -2.00. The predicted octanol–water partition coefficient (Wildman–Crippen LogP) is 4.10. The lowest BCUT2D eigenvalue weighted by atomic mass is 10.2. The summed E-state index contributed by atoms with van der Waals surface area (Å²) >= 11 is 6.86. The molecule has 0 amide bonds. The van der Waals surface area contributed by atoms with Gasteiger partial charge in [-0.1, -0.05) is 36.4 Å². The summed E-state index contributed by atoms with van der Waals surface area (Å²) in [5.74, 6) is 0.709. The van der Waals surface area contributed by atoms with E-state index in [2.05, 4.69) is 33.5 Å². The summed E-state index contributed by atoms with van der Waals surface area (Å²) in [6.45, 7) is 2.56. The molecule has 0 spiro atoms. The summed E-state index contributed by atoms with van der Waals surface area (Å²) in [6.07, 6.45) is 3.78. The first-order valence-electron chi connectivity index (χ1n) is 8.04. The van der Waals surface area contributed by atoms with Crippen LogP contribution in [0.5, 0.6) is 0 Å². The largest absolute Gasteiger partial charge is 0.267 e. The van der Waals surface area contributed by atoms with Crippen molar-refractivity contribution in [2.75, 3.05) is 0 Å². The van der Waals surface area contributed by atoms with Crippen LogP contribution in [0, 0.1) is 11.7 Å². The van der Waals surface area contributed by atoms with Crippen molar-refractivity contribution in [1.82, 2.24) is 24.7 Å². The quantitative estimate of drug-likeness (QED) is 0.419. The molecule has 0 saturated carbocycles. The maximum Gasteiger partial charge on any atom is 0.216 e. The Balaban J connectivity index is 1.71. The van der Waals surface area contributed by atoms with Crippen molar-refractivity contribution in [3.8, 4) is 10.6 Å². The van der Waals surface area contributed by atoms with Crippen LogP contribution in [0.25, 0.3) is 10.6 Å². The maximum atomic E-state index is 5.21. The van der Waals surface area contributed by atoms with Crippen molar-refractivity contribution >= 4 is 29.8 Å². The third kappa shape index (κ3) is 3.42. The van der Waals surface area contributed by atoms with Gasteiger partial charge in [0.25, 0.3) is 0 Å². The highest BCUT2D eigenvalue weighted by molar-refractivity contribution is 7.71. The van der Waals surface area contributed by atoms with Gasteiger partial charge in [-0.25, -0.2) is 0 Å². The fourth-order valence-electron chi connectivity index (χ4n) is 2.61. The highest BCUT2D eigenvalue weighted by atomic mass is 32.1. The van der Waals surface area contributed by atoms with Gasteiger partial charge in [0, 0.05) is 11.8 Å². The summed E-state index contributed by atoms with van der Waals surface area (Å²) in [5, 5.41) is 18.1. The molecule has 0 unspecified atom stereocenters. The van der Waals surface area contributed by atoms with Crippen molar-refractivity contribution in [3.63, 3.8) is 0 Å². The monoisotopic (exact) mass is 380 g/mol. The van der Waals surface area contributed by atoms with Gasteiger partial charge in [-0.2, -0.15) is 20.0 Å². The minimum atomic E-state index is 0.466. The molecule has 0 fully saturated rings. The van der Waals surface area contributed by atoms with Gasteiger partial charge in [0.1, 0.15) is 11.5 Å². The molecule has 0 atom stereocenters. The van der Waals surface area contributed by atoms with Crippen LogP contribution in [0.3, 0.4) is 0 Å². The van der Waals surface area contributed by atoms with Gasteiger partial charge in [-0.15, -0.1) is 11.3 Å². The molecule has 3 heterocycles. The van der Waals surface area contributed by atoms with E-state index in [-0.39, 0.29) is 0 Å². The Morgan fingerprint density at radius 3 is 2.77 bits per heavy atom. The fraction of sp³-hybridized carbons (Fsp3) is 0.111. The molecule has 0 aliphatic carbocycles. The zero-order chi connectivity index (χ0) is 17.9. The van der Waals surface area contributed by atoms with E-state index in [0.717, 1.165) is 16.1 Å². The van der Waals surface area contributed by atoms with E-state index < -0.39 is 0 Å². The number of aromatic nitrogens is 5. The average molecular weight is 381 g/mol. The van der Waals surface area contributed by atoms with E-state index in [0.29, 0.717) is 17.1 Å². The van der Waals surface area contributed by atoms with Crippen molar-refractivity contribution in [2.24, 2.45) is 5.10 Å². The third-order valence-corrected chi connectivity index (χ3v) is 5.00. The molecule has 6 nitrogen and oxygen atoms in total. The first-order valence-corrected chi connectivity index (χ1v) is 9.33. The number of aromatic amines is 1. The minimum Gasteiger partial charge on any atom is -0.267 e. The van der Waals surface area contributed by atoms with Crippen molar-refractivity contribution in [1.29, 1.82) is 0 Å². The van der Waals surface area contributed by atoms with Crippen molar-refractivity contribution in [3.05, 3.63) is 75.8 Å². The SMILES string of the molecule is Cc1n[nH]c(=S)n1/N=C\c1cn(Cc2ccccc2)nc1-c1cccs1. The topological polar surface area (TPSA) is 63.8 Å². The van der Waals surface area contributed by atoms with Crippen LogP contribution in [0.2, 0.25) is 0 Å². The van der Waals surface area contributed by atoms with Gasteiger partial charge >= 0.3 is 0 Å². The number of H-pyrrole nitrogens is 1. The molecule has 0 aliphatic rings. The average Bonchev–Trinajstić information content (AvgIpc) is 3.36. The van der Waals surface area contributed by atoms with Gasteiger partial charge < -0.3 is 0 Å². The number of benzene rings is 1. The van der Waals surface area contributed by atoms with Gasteiger partial charge in [-0.05, 0) is 36.2 Å². The summed E-state index contributed by atoms with van der Waals surface area (Å²) < 4.78 is 4.00. The molecule has 0 bridgehead atoms. The number of thiophene rings is 1. The molecule has 26 heavy (non-hydrogen) atoms. The van der Waals surface area contributed by atoms with Crippen LogP contribution >= 0.6 is 23.6 Å². The molecule has 4 aromatic rings. The van der Waals surface area contributed by atoms with Crippen LogP contribution in [0.1, 0.15) is 17.0 Å². The molecule has 1 aromatic carbocycles. The number of hydrogen-bond acceptors (Lipinski definition) is 5. The van der Waals surface area contributed by atoms with Crippen LogP contribution in [0.4, 0.5) is 0 Å². The Kier molecular flexibility index (Phi) is 4.59. The van der Waals surface area contributed by atoms with E-state index in [1.165, 1.54) is 5.56 Å². The van der Waals surface area contributed by atoms with Gasteiger partial charge in [-0.3, -0.25) is 9.78 Å². The maximum absolute atomic E-state index is 5.21. The number of rotatable bonds is 5. The molecule has 1 N–H and O–H groups in total. The van der Waals surface area contributed by atoms with E-state index in [1.54, 1.807) is 22.2 Å². The Morgan fingerprint density at radius 1 is 1.23 bits per heavy atom. The summed E-state index contributed by atoms with van der Waals surface area (Å²) in [4.78, 5) is 1.10. The predicted molar refractivity (Wildman–Crippen MR) is 106 cm³/mol. The second-order valence-corrected chi connectivity index (χ2v) is 7.06. The highest BCUT2D eigenvalue weighted by Gasteiger charge is 2.11. The molecule has 3 aromatic heterocycles. The van der Waals surface area contributed by atoms with Crippen molar-refractivity contribution < 1.29 is 0 Å². The normalized spacial score (nSPS) is 11.4. The lowest BCUT2D eigenvalue weighted by molar-refractivity contribution is 0.689. The molecular formula is C18H16N6S2. The summed E-state index contributed by atoms with van der Waals surface area (Å²) in [5.41, 5.74) is 3.04. The Hall–Kier alpha value is -2.84. The molecule has 0 saturated heterocycles. The third-order valence-electron chi connectivity index (χ3n) is 3.86. The fourth-order valence-corrected chi connectivity index (χ4v) is 3.57. The first kappa shape index (κ1) is 16.6. The highest BCUT2D eigenvalue weighted by Crippen LogP contribution is 2.26. The zero-order valence-corrected chi connectivity index (χ0v) is 15.7. The van der Waals surface area contributed by atoms with Crippen molar-refractivity contribution in [2.45, 2.75) is 13.5 Å². The van der Waals surface area contributed by atoms with E-state index in [9.17, 15) is 0 Å². The number of aryl methyl sites for hydroxylation is 1. The van der Waals surface area contributed by atoms with Gasteiger partial charge in [0.15, 0.2) is 0 Å². The van der Waals surface area contributed by atoms with E-state index >= 15 is 0 Å². The van der Waals surface area contributed by atoms with Crippen LogP contribution in [0.15, 0.2) is 59.1 Å². The standard InChI is InChI=1S/C18H16N6S2/c1-13-20-21-18(25)24(13)19-10-15-12-23(11-14-6-3-2-4-7-14)22-17(15)16-8-5-9-26-16/h2-10,12H,11H2,1H3,(H,21,25)/b19-10-. The second kappa shape index (κ2) is 7.19. The Labute approximate surface area is 159 Å². The lowest BCUT2D eigenvalue weighted by Crippen LogP contribution is -1.99. The van der Waals surface area contributed by atoms with E-state index in [4.69, 9.17) is 17.3 Å². The molecule has 8 heteroatoms. The number of nitrogens with one attached hydrogen (secondary N) is 1. The van der Waals surface area contributed by atoms with Crippen LogP contribution < -0.4 is 0 Å². The number of hydrogen-bond donors (Lipinski definition) is 1. The van der Waals surface area contributed by atoms with Crippen LogP contribution in [-0.4, -0.2) is 30.9 Å². The minimum absolute atomic E-state index is 0.466. The first-order chi connectivity index (χ1) is 12.7. The van der Waals surface area contributed by atoms with Gasteiger partial charge in [0.2, 0.25) is 4.77 Å². The smallest absolute Gasteiger partial charge is 0.216 e. The zero-order valence-electron chi connectivity index (χ0n) is 14.0. The molecule has 0 aliphatic heterocycles. The van der Waals surface area contributed by atoms with Crippen LogP contribution in [-0.2, 0) is 6.54 Å². The molecular weight excluding hydrogens is 364 g/mol. The Bertz CT molecular complexity index is 1090. The van der Waals surface area contributed by atoms with Gasteiger partial charge in [0.05, 0.1) is 17.6 Å². The molecule has 0 radical (unpaired) electrons. The summed E-state index contributed by atoms with van der Waals surface area (Å²) in [7, 11) is 0. The Morgan fingerprint density at radius 2 is 2.08 bits per heavy atom. The summed E-state index contributed by atoms with van der Waals surface area (Å²) in [6, 6.07) is 14.3. The molecule has 130 valence electrons. The number of nitrogens with zero attached hydrogens (tertiary/aromatic N) is 5.